The van der Waals surface area contributed by atoms with Gasteiger partial charge in [0.25, 0.3) is 0 Å². The molecule has 2 rings (SSSR count). The number of nitrogens with two attached hydrogens (primary N) is 1. The van der Waals surface area contributed by atoms with Gasteiger partial charge in [0.05, 0.1) is 10.4 Å². The highest BCUT2D eigenvalue weighted by Gasteiger charge is 2.14. The van der Waals surface area contributed by atoms with Crippen LogP contribution >= 0.6 is 11.6 Å². The Bertz CT molecular complexity index is 556. The average Bonchev–Trinajstić information content (AvgIpc) is 2.19. The van der Waals surface area contributed by atoms with Gasteiger partial charge in [-0.05, 0) is 18.2 Å². The van der Waals surface area contributed by atoms with Crippen LogP contribution in [-0.2, 0) is 0 Å². The number of hydrogen-bond donors (Lipinski definition) is 1. The number of anilines is 1. The van der Waals surface area contributed by atoms with E-state index >= 15 is 0 Å². The van der Waals surface area contributed by atoms with Crippen molar-refractivity contribution < 1.29 is 4.92 Å². The van der Waals surface area contributed by atoms with E-state index in [9.17, 15) is 10.1 Å². The van der Waals surface area contributed by atoms with Crippen molar-refractivity contribution in [2.75, 3.05) is 5.73 Å². The predicted octanol–water partition coefficient (Wildman–Crippen LogP) is 2.38. The molecule has 5 nitrogen and oxygen atoms in total. The highest BCUT2D eigenvalue weighted by molar-refractivity contribution is 6.31. The normalized spacial score (nSPS) is 10.5. The molecule has 0 atom stereocenters. The zero-order valence-electron chi connectivity index (χ0n) is 7.48. The Morgan fingerprint density at radius 2 is 2.20 bits per heavy atom. The van der Waals surface area contributed by atoms with Crippen molar-refractivity contribution in [1.29, 1.82) is 0 Å². The topological polar surface area (TPSA) is 82.0 Å². The van der Waals surface area contributed by atoms with Crippen molar-refractivity contribution in [2.24, 2.45) is 0 Å². The first-order valence-corrected chi connectivity index (χ1v) is 4.45. The fourth-order valence-electron chi connectivity index (χ4n) is 1.32. The number of aromatic nitrogens is 1. The van der Waals surface area contributed by atoms with Gasteiger partial charge >= 0.3 is 5.69 Å². The number of hydrogen-bond acceptors (Lipinski definition) is 4. The molecule has 1 aromatic heterocycles. The summed E-state index contributed by atoms with van der Waals surface area (Å²) in [5.41, 5.74) is 6.12. The number of halogens is 1. The second kappa shape index (κ2) is 3.36. The second-order valence-electron chi connectivity index (χ2n) is 2.98. The molecule has 0 unspecified atom stereocenters. The summed E-state index contributed by atoms with van der Waals surface area (Å²) in [5, 5.41) is 11.6. The summed E-state index contributed by atoms with van der Waals surface area (Å²) < 4.78 is 0. The first-order valence-electron chi connectivity index (χ1n) is 4.07. The van der Waals surface area contributed by atoms with E-state index in [1.54, 1.807) is 18.2 Å². The molecule has 0 radical (unpaired) electrons. The van der Waals surface area contributed by atoms with Gasteiger partial charge < -0.3 is 5.73 Å². The van der Waals surface area contributed by atoms with Crippen LogP contribution in [0.4, 0.5) is 11.4 Å². The van der Waals surface area contributed by atoms with E-state index < -0.39 is 4.92 Å². The van der Waals surface area contributed by atoms with Crippen LogP contribution in [0.1, 0.15) is 0 Å². The molecule has 76 valence electrons. The van der Waals surface area contributed by atoms with Gasteiger partial charge in [-0.1, -0.05) is 11.6 Å². The Labute approximate surface area is 89.6 Å². The third-order valence-electron chi connectivity index (χ3n) is 2.05. The lowest BCUT2D eigenvalue weighted by atomic mass is 10.2. The van der Waals surface area contributed by atoms with E-state index in [2.05, 4.69) is 4.98 Å². The number of rotatable bonds is 1. The molecule has 1 heterocycles. The minimum absolute atomic E-state index is 0.0903. The molecule has 0 spiro atoms. The SMILES string of the molecule is Nc1c([N+](=O)[O-])cnc2ccc(Cl)cc12. The molecule has 0 aliphatic carbocycles. The maximum Gasteiger partial charge on any atom is 0.310 e. The zero-order valence-corrected chi connectivity index (χ0v) is 8.23. The van der Waals surface area contributed by atoms with Crippen LogP contribution in [-0.4, -0.2) is 9.91 Å². The van der Waals surface area contributed by atoms with Crippen LogP contribution in [0.5, 0.6) is 0 Å². The van der Waals surface area contributed by atoms with Gasteiger partial charge in [-0.15, -0.1) is 0 Å². The fourth-order valence-corrected chi connectivity index (χ4v) is 1.49. The Balaban J connectivity index is 2.82. The van der Waals surface area contributed by atoms with Crippen molar-refractivity contribution in [1.82, 2.24) is 4.98 Å². The highest BCUT2D eigenvalue weighted by Crippen LogP contribution is 2.29. The summed E-state index contributed by atoms with van der Waals surface area (Å²) in [4.78, 5) is 14.0. The molecule has 0 amide bonds. The Kier molecular flexibility index (Phi) is 2.17. The fraction of sp³-hybridized carbons (Fsp3) is 0. The van der Waals surface area contributed by atoms with Crippen LogP contribution < -0.4 is 5.73 Å². The van der Waals surface area contributed by atoms with Gasteiger partial charge in [0.2, 0.25) is 0 Å². The van der Waals surface area contributed by atoms with Gasteiger partial charge in [0.15, 0.2) is 0 Å². The van der Waals surface area contributed by atoms with Crippen molar-refractivity contribution in [3.63, 3.8) is 0 Å². The van der Waals surface area contributed by atoms with Gasteiger partial charge in [0, 0.05) is 10.4 Å². The van der Waals surface area contributed by atoms with Crippen molar-refractivity contribution in [3.8, 4) is 0 Å². The number of fused-ring (bicyclic) bond motifs is 1. The van der Waals surface area contributed by atoms with Gasteiger partial charge in [-0.25, -0.2) is 4.98 Å². The van der Waals surface area contributed by atoms with Crippen LogP contribution in [0.2, 0.25) is 5.02 Å². The lowest BCUT2D eigenvalue weighted by Gasteiger charge is -2.02. The number of nitro groups is 1. The summed E-state index contributed by atoms with van der Waals surface area (Å²) in [6, 6.07) is 4.88. The van der Waals surface area contributed by atoms with Gasteiger partial charge in [-0.3, -0.25) is 10.1 Å². The molecule has 0 aliphatic heterocycles. The standard InChI is InChI=1S/C9H6ClN3O2/c10-5-1-2-7-6(3-5)9(11)8(4-12-7)13(14)15/h1-4H,(H2,11,12). The molecule has 1 aromatic carbocycles. The molecule has 0 saturated heterocycles. The average molecular weight is 224 g/mol. The number of pyridine rings is 1. The van der Waals surface area contributed by atoms with Gasteiger partial charge in [0.1, 0.15) is 11.9 Å². The van der Waals surface area contributed by atoms with Crippen LogP contribution in [0.25, 0.3) is 10.9 Å². The Hall–Kier alpha value is -1.88. The third kappa shape index (κ3) is 1.57. The van der Waals surface area contributed by atoms with Crippen molar-refractivity contribution >= 4 is 33.9 Å². The molecule has 0 bridgehead atoms. The van der Waals surface area contributed by atoms with E-state index in [0.717, 1.165) is 6.20 Å². The van der Waals surface area contributed by atoms with Gasteiger partial charge in [-0.2, -0.15) is 0 Å². The molecular formula is C9H6ClN3O2. The van der Waals surface area contributed by atoms with E-state index in [4.69, 9.17) is 17.3 Å². The molecule has 6 heteroatoms. The van der Waals surface area contributed by atoms with Crippen molar-refractivity contribution in [3.05, 3.63) is 39.5 Å². The summed E-state index contributed by atoms with van der Waals surface area (Å²) in [6.07, 6.45) is 1.14. The minimum atomic E-state index is -0.567. The van der Waals surface area contributed by atoms with E-state index in [0.29, 0.717) is 15.9 Å². The first kappa shape index (κ1) is 9.67. The molecule has 2 aromatic rings. The lowest BCUT2D eigenvalue weighted by molar-refractivity contribution is -0.384. The molecular weight excluding hydrogens is 218 g/mol. The Morgan fingerprint density at radius 1 is 1.47 bits per heavy atom. The molecule has 15 heavy (non-hydrogen) atoms. The predicted molar refractivity (Wildman–Crippen MR) is 57.8 cm³/mol. The van der Waals surface area contributed by atoms with Crippen LogP contribution in [0, 0.1) is 10.1 Å². The zero-order chi connectivity index (χ0) is 11.0. The number of nitrogens with zero attached hydrogens (tertiary/aromatic N) is 2. The van der Waals surface area contributed by atoms with Crippen molar-refractivity contribution in [2.45, 2.75) is 0 Å². The lowest BCUT2D eigenvalue weighted by Crippen LogP contribution is -1.97. The summed E-state index contributed by atoms with van der Waals surface area (Å²) in [5.74, 6) is 0. The first-order chi connectivity index (χ1) is 7.09. The number of nitrogen functional groups attached to an aromatic ring is 1. The maximum absolute atomic E-state index is 10.6. The minimum Gasteiger partial charge on any atom is -0.393 e. The monoisotopic (exact) mass is 223 g/mol. The van der Waals surface area contributed by atoms with Crippen LogP contribution in [0.15, 0.2) is 24.4 Å². The number of benzene rings is 1. The Morgan fingerprint density at radius 3 is 2.87 bits per heavy atom. The second-order valence-corrected chi connectivity index (χ2v) is 3.41. The third-order valence-corrected chi connectivity index (χ3v) is 2.28. The van der Waals surface area contributed by atoms with Crippen LogP contribution in [0.3, 0.4) is 0 Å². The summed E-state index contributed by atoms with van der Waals surface area (Å²) in [7, 11) is 0. The smallest absolute Gasteiger partial charge is 0.310 e. The maximum atomic E-state index is 10.6. The largest absolute Gasteiger partial charge is 0.393 e. The van der Waals surface area contributed by atoms with E-state index in [1.807, 2.05) is 0 Å². The van der Waals surface area contributed by atoms with E-state index in [-0.39, 0.29) is 11.4 Å². The highest BCUT2D eigenvalue weighted by atomic mass is 35.5. The molecule has 0 saturated carbocycles. The quantitative estimate of drug-likeness (QED) is 0.594. The molecule has 2 N–H and O–H groups in total. The summed E-state index contributed by atoms with van der Waals surface area (Å²) in [6.45, 7) is 0. The summed E-state index contributed by atoms with van der Waals surface area (Å²) >= 11 is 5.77. The molecule has 0 aliphatic rings. The molecule has 0 fully saturated rings. The van der Waals surface area contributed by atoms with E-state index in [1.165, 1.54) is 0 Å².